The van der Waals surface area contributed by atoms with Gasteiger partial charge in [0.05, 0.1) is 0 Å². The second-order valence-electron chi connectivity index (χ2n) is 4.24. The Morgan fingerprint density at radius 2 is 1.53 bits per heavy atom. The summed E-state index contributed by atoms with van der Waals surface area (Å²) in [6, 6.07) is 8.08. The van der Waals surface area contributed by atoms with E-state index in [0.29, 0.717) is 21.7 Å². The first-order chi connectivity index (χ1) is 8.97. The van der Waals surface area contributed by atoms with Crippen LogP contribution in [0.25, 0.3) is 0 Å². The van der Waals surface area contributed by atoms with Crippen LogP contribution in [0.15, 0.2) is 41.5 Å². The molecule has 0 amide bonds. The molecule has 5 heteroatoms. The third-order valence-electron chi connectivity index (χ3n) is 2.71. The molecule has 0 fully saturated rings. The molecule has 0 aromatic heterocycles. The standard InChI is InChI=1S/C14H12F2N2O/c1-9-7-11(3-5-13(9)15)17-18(19)12-4-6-14(16)10(2)8-12/h3-8H,1-2H3. The minimum Gasteiger partial charge on any atom is -0.594 e. The van der Waals surface area contributed by atoms with Gasteiger partial charge in [-0.15, -0.1) is 0 Å². The number of azo groups is 1. The second-order valence-corrected chi connectivity index (χ2v) is 4.24. The van der Waals surface area contributed by atoms with Gasteiger partial charge in [0, 0.05) is 17.2 Å². The summed E-state index contributed by atoms with van der Waals surface area (Å²) in [4.78, 5) is 0.388. The Hall–Kier alpha value is -2.30. The first-order valence-corrected chi connectivity index (χ1v) is 5.68. The average molecular weight is 262 g/mol. The molecule has 0 aliphatic heterocycles. The van der Waals surface area contributed by atoms with Gasteiger partial charge in [0.25, 0.3) is 0 Å². The lowest BCUT2D eigenvalue weighted by molar-refractivity contribution is -0.435. The van der Waals surface area contributed by atoms with Gasteiger partial charge in [0.2, 0.25) is 5.69 Å². The number of nitrogens with zero attached hydrogens (tertiary/aromatic N) is 2. The fourth-order valence-electron chi connectivity index (χ4n) is 1.60. The maximum Gasteiger partial charge on any atom is 0.245 e. The maximum absolute atomic E-state index is 13.1. The van der Waals surface area contributed by atoms with Crippen LogP contribution in [-0.4, -0.2) is 4.86 Å². The highest BCUT2D eigenvalue weighted by Crippen LogP contribution is 2.21. The summed E-state index contributed by atoms with van der Waals surface area (Å²) >= 11 is 0. The van der Waals surface area contributed by atoms with E-state index < -0.39 is 0 Å². The Morgan fingerprint density at radius 3 is 2.11 bits per heavy atom. The van der Waals surface area contributed by atoms with Gasteiger partial charge in [-0.3, -0.25) is 0 Å². The van der Waals surface area contributed by atoms with E-state index in [1.54, 1.807) is 13.8 Å². The van der Waals surface area contributed by atoms with E-state index in [0.717, 1.165) is 0 Å². The van der Waals surface area contributed by atoms with Crippen molar-refractivity contribution in [2.75, 3.05) is 0 Å². The molecule has 0 N–H and O–H groups in total. The van der Waals surface area contributed by atoms with E-state index in [2.05, 4.69) is 5.11 Å². The van der Waals surface area contributed by atoms with Crippen LogP contribution in [0.5, 0.6) is 0 Å². The third-order valence-corrected chi connectivity index (χ3v) is 2.71. The summed E-state index contributed by atoms with van der Waals surface area (Å²) < 4.78 is 26.2. The van der Waals surface area contributed by atoms with Crippen molar-refractivity contribution in [1.82, 2.24) is 0 Å². The van der Waals surface area contributed by atoms with E-state index >= 15 is 0 Å². The van der Waals surface area contributed by atoms with E-state index in [4.69, 9.17) is 0 Å². The molecule has 0 saturated heterocycles. The number of halogens is 2. The van der Waals surface area contributed by atoms with Gasteiger partial charge < -0.3 is 5.21 Å². The van der Waals surface area contributed by atoms with Crippen LogP contribution in [0, 0.1) is 30.7 Å². The highest BCUT2D eigenvalue weighted by molar-refractivity contribution is 5.40. The summed E-state index contributed by atoms with van der Waals surface area (Å²) in [6.45, 7) is 3.15. The van der Waals surface area contributed by atoms with Crippen molar-refractivity contribution in [1.29, 1.82) is 0 Å². The van der Waals surface area contributed by atoms with E-state index in [1.807, 2.05) is 0 Å². The molecule has 19 heavy (non-hydrogen) atoms. The molecule has 0 atom stereocenters. The van der Waals surface area contributed by atoms with Crippen LogP contribution in [0.3, 0.4) is 0 Å². The SMILES string of the molecule is Cc1cc(N=[N+]([O-])c2ccc(F)c(C)c2)ccc1F. The molecule has 0 aliphatic rings. The number of rotatable bonds is 2. The lowest BCUT2D eigenvalue weighted by Crippen LogP contribution is -1.93. The van der Waals surface area contributed by atoms with Gasteiger partial charge in [-0.25, -0.2) is 8.78 Å². The minimum absolute atomic E-state index is 0.223. The second kappa shape index (κ2) is 5.14. The van der Waals surface area contributed by atoms with Crippen molar-refractivity contribution >= 4 is 11.4 Å². The summed E-state index contributed by atoms with van der Waals surface area (Å²) in [5.41, 5.74) is 1.34. The van der Waals surface area contributed by atoms with E-state index in [1.165, 1.54) is 36.4 Å². The Morgan fingerprint density at radius 1 is 0.947 bits per heavy atom. The van der Waals surface area contributed by atoms with Crippen LogP contribution >= 0.6 is 0 Å². The van der Waals surface area contributed by atoms with Gasteiger partial charge >= 0.3 is 0 Å². The monoisotopic (exact) mass is 262 g/mol. The van der Waals surface area contributed by atoms with Gasteiger partial charge in [0.1, 0.15) is 17.3 Å². The zero-order chi connectivity index (χ0) is 14.0. The number of hydrogen-bond acceptors (Lipinski definition) is 2. The Labute approximate surface area is 109 Å². The first kappa shape index (κ1) is 13.1. The van der Waals surface area contributed by atoms with Gasteiger partial charge in [0.15, 0.2) is 0 Å². The summed E-state index contributed by atoms with van der Waals surface area (Å²) in [6.07, 6.45) is 0. The van der Waals surface area contributed by atoms with Crippen LogP contribution < -0.4 is 0 Å². The predicted molar refractivity (Wildman–Crippen MR) is 67.6 cm³/mol. The highest BCUT2D eigenvalue weighted by Gasteiger charge is 2.08. The molecule has 0 aliphatic carbocycles. The molecule has 0 radical (unpaired) electrons. The lowest BCUT2D eigenvalue weighted by atomic mass is 10.2. The third kappa shape index (κ3) is 2.93. The number of hydrogen-bond donors (Lipinski definition) is 0. The normalized spacial score (nSPS) is 11.7. The van der Waals surface area contributed by atoms with E-state index in [9.17, 15) is 14.0 Å². The van der Waals surface area contributed by atoms with Crippen molar-refractivity contribution in [3.05, 3.63) is 64.4 Å². The highest BCUT2D eigenvalue weighted by atomic mass is 19.1. The first-order valence-electron chi connectivity index (χ1n) is 5.68. The number of aryl methyl sites for hydroxylation is 2. The zero-order valence-corrected chi connectivity index (χ0v) is 10.5. The molecule has 2 aromatic rings. The maximum atomic E-state index is 13.1. The molecular weight excluding hydrogens is 250 g/mol. The topological polar surface area (TPSA) is 38.4 Å². The van der Waals surface area contributed by atoms with Crippen molar-refractivity contribution in [2.45, 2.75) is 13.8 Å². The minimum atomic E-state index is -0.380. The molecule has 2 rings (SSSR count). The van der Waals surface area contributed by atoms with E-state index in [-0.39, 0.29) is 17.3 Å². The van der Waals surface area contributed by atoms with Crippen LogP contribution in [0.2, 0.25) is 0 Å². The quantitative estimate of drug-likeness (QED) is 0.446. The molecular formula is C14H12F2N2O. The van der Waals surface area contributed by atoms with Crippen molar-refractivity contribution < 1.29 is 13.6 Å². The molecule has 2 aromatic carbocycles. The molecule has 0 saturated carbocycles. The smallest absolute Gasteiger partial charge is 0.245 e. The van der Waals surface area contributed by atoms with Crippen molar-refractivity contribution in [3.8, 4) is 0 Å². The summed E-state index contributed by atoms with van der Waals surface area (Å²) in [5, 5.41) is 15.6. The molecule has 0 unspecified atom stereocenters. The fraction of sp³-hybridized carbons (Fsp3) is 0.143. The van der Waals surface area contributed by atoms with Crippen molar-refractivity contribution in [2.24, 2.45) is 5.11 Å². The van der Waals surface area contributed by atoms with Gasteiger partial charge in [-0.1, -0.05) is 4.86 Å². The molecule has 3 nitrogen and oxygen atoms in total. The van der Waals surface area contributed by atoms with Gasteiger partial charge in [-0.05, 0) is 49.2 Å². The van der Waals surface area contributed by atoms with Crippen molar-refractivity contribution in [3.63, 3.8) is 0 Å². The molecule has 0 heterocycles. The molecule has 98 valence electrons. The molecule has 0 bridgehead atoms. The lowest BCUT2D eigenvalue weighted by Gasteiger charge is -2.02. The van der Waals surface area contributed by atoms with Gasteiger partial charge in [-0.2, -0.15) is 0 Å². The predicted octanol–water partition coefficient (Wildman–Crippen LogP) is 4.51. The summed E-state index contributed by atoms with van der Waals surface area (Å²) in [7, 11) is 0. The fourth-order valence-corrected chi connectivity index (χ4v) is 1.60. The van der Waals surface area contributed by atoms with Crippen LogP contribution in [0.4, 0.5) is 20.2 Å². The Kier molecular flexibility index (Phi) is 3.55. The average Bonchev–Trinajstić information content (AvgIpc) is 2.37. The Balaban J connectivity index is 2.36. The summed E-state index contributed by atoms with van der Waals surface area (Å²) in [5.74, 6) is -0.733. The Bertz CT molecular complexity index is 654. The number of benzene rings is 2. The van der Waals surface area contributed by atoms with Crippen LogP contribution in [0.1, 0.15) is 11.1 Å². The zero-order valence-electron chi connectivity index (χ0n) is 10.5. The largest absolute Gasteiger partial charge is 0.594 e. The molecule has 0 spiro atoms. The van der Waals surface area contributed by atoms with Crippen LogP contribution in [-0.2, 0) is 0 Å².